The molecule has 0 aromatic heterocycles. The molecule has 1 aliphatic rings. The third-order valence-corrected chi connectivity index (χ3v) is 3.36. The van der Waals surface area contributed by atoms with Gasteiger partial charge in [-0.15, -0.1) is 0 Å². The summed E-state index contributed by atoms with van der Waals surface area (Å²) in [6.07, 6.45) is 4.11. The van der Waals surface area contributed by atoms with Crippen LogP contribution in [0.15, 0.2) is 0 Å². The Morgan fingerprint density at radius 3 is 2.31 bits per heavy atom. The van der Waals surface area contributed by atoms with E-state index in [0.717, 1.165) is 25.7 Å². The van der Waals surface area contributed by atoms with Crippen molar-refractivity contribution in [1.29, 1.82) is 0 Å². The molecule has 0 amide bonds. The van der Waals surface area contributed by atoms with Crippen LogP contribution in [0.5, 0.6) is 0 Å². The molecule has 0 radical (unpaired) electrons. The summed E-state index contributed by atoms with van der Waals surface area (Å²) in [5.41, 5.74) is 5.74. The molecule has 1 saturated carbocycles. The Bertz CT molecular complexity index is 223. The van der Waals surface area contributed by atoms with Gasteiger partial charge in [0.2, 0.25) is 0 Å². The normalized spacial score (nSPS) is 27.8. The van der Waals surface area contributed by atoms with Crippen LogP contribution >= 0.6 is 0 Å². The van der Waals surface area contributed by atoms with Crippen molar-refractivity contribution >= 4 is 5.97 Å². The molecule has 4 heteroatoms. The quantitative estimate of drug-likeness (QED) is 0.706. The van der Waals surface area contributed by atoms with E-state index in [1.165, 1.54) is 0 Å². The lowest BCUT2D eigenvalue weighted by atomic mass is 9.93. The standard InChI is InChI=1S/C12H24N2O2/c1-8(2)11(13)12(15)16-10-6-4-9(14-3)5-7-10/h8-11,14H,4-7,13H2,1-3H3/t9?,10?,11-/m0/s1. The van der Waals surface area contributed by atoms with Gasteiger partial charge in [-0.25, -0.2) is 0 Å². The molecule has 0 saturated heterocycles. The van der Waals surface area contributed by atoms with Crippen LogP contribution in [0, 0.1) is 5.92 Å². The Morgan fingerprint density at radius 1 is 1.31 bits per heavy atom. The molecule has 0 unspecified atom stereocenters. The molecule has 94 valence electrons. The number of rotatable bonds is 4. The Balaban J connectivity index is 2.31. The first-order valence-electron chi connectivity index (χ1n) is 6.18. The fourth-order valence-electron chi connectivity index (χ4n) is 1.98. The molecule has 0 bridgehead atoms. The Morgan fingerprint density at radius 2 is 1.88 bits per heavy atom. The van der Waals surface area contributed by atoms with Gasteiger partial charge in [-0.05, 0) is 38.6 Å². The average molecular weight is 228 g/mol. The third kappa shape index (κ3) is 3.76. The van der Waals surface area contributed by atoms with E-state index < -0.39 is 6.04 Å². The molecule has 16 heavy (non-hydrogen) atoms. The molecule has 1 atom stereocenters. The monoisotopic (exact) mass is 228 g/mol. The van der Waals surface area contributed by atoms with Crippen molar-refractivity contribution in [1.82, 2.24) is 5.32 Å². The van der Waals surface area contributed by atoms with Gasteiger partial charge in [-0.2, -0.15) is 0 Å². The Hall–Kier alpha value is -0.610. The second-order valence-corrected chi connectivity index (χ2v) is 4.97. The number of hydrogen-bond donors (Lipinski definition) is 2. The zero-order chi connectivity index (χ0) is 12.1. The van der Waals surface area contributed by atoms with Gasteiger partial charge in [0.25, 0.3) is 0 Å². The fraction of sp³-hybridized carbons (Fsp3) is 0.917. The van der Waals surface area contributed by atoms with Crippen molar-refractivity contribution in [2.24, 2.45) is 11.7 Å². The molecular weight excluding hydrogens is 204 g/mol. The smallest absolute Gasteiger partial charge is 0.323 e. The lowest BCUT2D eigenvalue weighted by Gasteiger charge is -2.29. The van der Waals surface area contributed by atoms with Crippen molar-refractivity contribution in [3.8, 4) is 0 Å². The second kappa shape index (κ2) is 6.21. The van der Waals surface area contributed by atoms with Gasteiger partial charge in [0, 0.05) is 6.04 Å². The maximum absolute atomic E-state index is 11.6. The predicted octanol–water partition coefficient (Wildman–Crippen LogP) is 1.04. The van der Waals surface area contributed by atoms with Gasteiger partial charge in [-0.1, -0.05) is 13.8 Å². The van der Waals surface area contributed by atoms with Crippen LogP contribution in [0.3, 0.4) is 0 Å². The molecule has 1 fully saturated rings. The topological polar surface area (TPSA) is 64.3 Å². The Kier molecular flexibility index (Phi) is 5.22. The van der Waals surface area contributed by atoms with Crippen LogP contribution in [0.1, 0.15) is 39.5 Å². The number of ether oxygens (including phenoxy) is 1. The van der Waals surface area contributed by atoms with Crippen molar-refractivity contribution in [2.45, 2.75) is 57.7 Å². The van der Waals surface area contributed by atoms with Crippen LogP contribution in [0.2, 0.25) is 0 Å². The van der Waals surface area contributed by atoms with Crippen LogP contribution in [0.4, 0.5) is 0 Å². The summed E-state index contributed by atoms with van der Waals surface area (Å²) in [7, 11) is 1.98. The van der Waals surface area contributed by atoms with E-state index in [1.54, 1.807) is 0 Å². The molecule has 1 aliphatic carbocycles. The molecule has 0 heterocycles. The predicted molar refractivity (Wildman–Crippen MR) is 64.0 cm³/mol. The minimum atomic E-state index is -0.484. The molecule has 0 spiro atoms. The van der Waals surface area contributed by atoms with E-state index in [4.69, 9.17) is 10.5 Å². The summed E-state index contributed by atoms with van der Waals surface area (Å²) < 4.78 is 5.42. The first-order chi connectivity index (χ1) is 7.54. The van der Waals surface area contributed by atoms with Gasteiger partial charge in [0.1, 0.15) is 12.1 Å². The zero-order valence-electron chi connectivity index (χ0n) is 10.5. The van der Waals surface area contributed by atoms with Gasteiger partial charge >= 0.3 is 5.97 Å². The maximum Gasteiger partial charge on any atom is 0.323 e. The second-order valence-electron chi connectivity index (χ2n) is 4.97. The third-order valence-electron chi connectivity index (χ3n) is 3.36. The van der Waals surface area contributed by atoms with Gasteiger partial charge in [-0.3, -0.25) is 4.79 Å². The zero-order valence-corrected chi connectivity index (χ0v) is 10.5. The van der Waals surface area contributed by atoms with Gasteiger partial charge in [0.15, 0.2) is 0 Å². The number of nitrogens with one attached hydrogen (secondary N) is 1. The number of nitrogens with two attached hydrogens (primary N) is 1. The molecule has 0 aliphatic heterocycles. The van der Waals surface area contributed by atoms with Crippen LogP contribution in [0.25, 0.3) is 0 Å². The first-order valence-corrected chi connectivity index (χ1v) is 6.18. The molecule has 0 aromatic rings. The lowest BCUT2D eigenvalue weighted by molar-refractivity contribution is -0.153. The van der Waals surface area contributed by atoms with E-state index in [1.807, 2.05) is 20.9 Å². The summed E-state index contributed by atoms with van der Waals surface area (Å²) in [5, 5.41) is 3.25. The van der Waals surface area contributed by atoms with E-state index >= 15 is 0 Å². The first kappa shape index (κ1) is 13.5. The van der Waals surface area contributed by atoms with E-state index in [0.29, 0.717) is 6.04 Å². The average Bonchev–Trinajstić information content (AvgIpc) is 2.28. The summed E-state index contributed by atoms with van der Waals surface area (Å²) in [4.78, 5) is 11.6. The minimum Gasteiger partial charge on any atom is -0.461 e. The van der Waals surface area contributed by atoms with Crippen molar-refractivity contribution in [2.75, 3.05) is 7.05 Å². The lowest BCUT2D eigenvalue weighted by Crippen LogP contribution is -2.41. The Labute approximate surface area is 97.9 Å². The minimum absolute atomic E-state index is 0.0712. The summed E-state index contributed by atoms with van der Waals surface area (Å²) >= 11 is 0. The number of hydrogen-bond acceptors (Lipinski definition) is 4. The molecule has 3 N–H and O–H groups in total. The van der Waals surface area contributed by atoms with Crippen molar-refractivity contribution in [3.05, 3.63) is 0 Å². The molecule has 0 aromatic carbocycles. The summed E-state index contributed by atoms with van der Waals surface area (Å²) in [5.74, 6) is -0.107. The van der Waals surface area contributed by atoms with Gasteiger partial charge < -0.3 is 15.8 Å². The highest BCUT2D eigenvalue weighted by Crippen LogP contribution is 2.21. The van der Waals surface area contributed by atoms with Crippen LogP contribution in [-0.4, -0.2) is 31.2 Å². The van der Waals surface area contributed by atoms with Crippen LogP contribution in [-0.2, 0) is 9.53 Å². The molecule has 1 rings (SSSR count). The summed E-state index contributed by atoms with van der Waals surface area (Å²) in [6.45, 7) is 3.87. The van der Waals surface area contributed by atoms with E-state index in [2.05, 4.69) is 5.32 Å². The number of carbonyl (C=O) groups is 1. The fourth-order valence-corrected chi connectivity index (χ4v) is 1.98. The number of esters is 1. The molecular formula is C12H24N2O2. The molecule has 4 nitrogen and oxygen atoms in total. The van der Waals surface area contributed by atoms with Crippen LogP contribution < -0.4 is 11.1 Å². The largest absolute Gasteiger partial charge is 0.461 e. The number of carbonyl (C=O) groups excluding carboxylic acids is 1. The highest BCUT2D eigenvalue weighted by Gasteiger charge is 2.26. The SMILES string of the molecule is CNC1CCC(OC(=O)[C@@H](N)C(C)C)CC1. The summed E-state index contributed by atoms with van der Waals surface area (Å²) in [6, 6.07) is 0.0933. The van der Waals surface area contributed by atoms with E-state index in [9.17, 15) is 4.79 Å². The maximum atomic E-state index is 11.6. The van der Waals surface area contributed by atoms with E-state index in [-0.39, 0.29) is 18.0 Å². The highest BCUT2D eigenvalue weighted by molar-refractivity contribution is 5.75. The van der Waals surface area contributed by atoms with Crippen molar-refractivity contribution in [3.63, 3.8) is 0 Å². The van der Waals surface area contributed by atoms with Crippen molar-refractivity contribution < 1.29 is 9.53 Å². The highest BCUT2D eigenvalue weighted by atomic mass is 16.5. The van der Waals surface area contributed by atoms with Gasteiger partial charge in [0.05, 0.1) is 0 Å².